The number of halogens is 3. The average molecular weight is 483 g/mol. The first kappa shape index (κ1) is 23.6. The van der Waals surface area contributed by atoms with E-state index in [1.165, 1.54) is 40.9 Å². The average Bonchev–Trinajstić information content (AvgIpc) is 3.44. The third kappa shape index (κ3) is 5.69. The summed E-state index contributed by atoms with van der Waals surface area (Å²) in [6, 6.07) is 6.04. The van der Waals surface area contributed by atoms with Gasteiger partial charge in [0.1, 0.15) is 5.25 Å². The maximum Gasteiger partial charge on any atom is 0.393 e. The van der Waals surface area contributed by atoms with Gasteiger partial charge in [-0.25, -0.2) is 0 Å². The zero-order valence-electron chi connectivity index (χ0n) is 17.9. The number of hydrogen-bond donors (Lipinski definition) is 1. The molecule has 11 heteroatoms. The first-order valence-electron chi connectivity index (χ1n) is 11.0. The number of piperidine rings is 1. The minimum atomic E-state index is -4.31. The van der Waals surface area contributed by atoms with Gasteiger partial charge in [-0.3, -0.25) is 14.4 Å². The monoisotopic (exact) mass is 482 g/mol. The molecule has 3 aliphatic rings. The van der Waals surface area contributed by atoms with Gasteiger partial charge in [-0.1, -0.05) is 11.8 Å². The number of carbonyl (C=O) groups excluding carboxylic acids is 3. The van der Waals surface area contributed by atoms with E-state index in [2.05, 4.69) is 15.2 Å². The number of amides is 3. The van der Waals surface area contributed by atoms with Crippen molar-refractivity contribution in [2.24, 2.45) is 10.9 Å². The van der Waals surface area contributed by atoms with Gasteiger partial charge in [-0.15, -0.1) is 0 Å². The number of likely N-dealkylation sites (tertiary alicyclic amines) is 2. The molecule has 3 heterocycles. The number of thioether (sulfide) groups is 1. The highest BCUT2D eigenvalue weighted by Crippen LogP contribution is 2.33. The van der Waals surface area contributed by atoms with Gasteiger partial charge in [-0.2, -0.15) is 18.2 Å². The van der Waals surface area contributed by atoms with Crippen LogP contribution in [0.4, 0.5) is 18.9 Å². The van der Waals surface area contributed by atoms with Crippen LogP contribution in [0.15, 0.2) is 29.3 Å². The van der Waals surface area contributed by atoms with Crippen molar-refractivity contribution >= 4 is 40.3 Å². The molecule has 3 aliphatic heterocycles. The van der Waals surface area contributed by atoms with Crippen molar-refractivity contribution < 1.29 is 27.6 Å². The normalized spacial score (nSPS) is 23.6. The van der Waals surface area contributed by atoms with Gasteiger partial charge >= 0.3 is 6.18 Å². The van der Waals surface area contributed by atoms with E-state index < -0.39 is 23.3 Å². The maximum absolute atomic E-state index is 13.0. The third-order valence-corrected chi connectivity index (χ3v) is 7.28. The molecular weight excluding hydrogens is 457 g/mol. The SMILES string of the molecule is O=C(C[C@H]1SC(N2CCCC2)=NC1=O)Nc1ccc(C(=O)N2CCC[C@@H](C(F)(F)F)C2)cc1. The number of hydrogen-bond acceptors (Lipinski definition) is 5. The van der Waals surface area contributed by atoms with E-state index in [4.69, 9.17) is 0 Å². The van der Waals surface area contributed by atoms with Crippen LogP contribution < -0.4 is 5.32 Å². The highest BCUT2D eigenvalue weighted by molar-refractivity contribution is 8.15. The molecule has 0 bridgehead atoms. The number of anilines is 1. The number of alkyl halides is 3. The second kappa shape index (κ2) is 9.74. The van der Waals surface area contributed by atoms with Crippen molar-refractivity contribution in [2.75, 3.05) is 31.5 Å². The Morgan fingerprint density at radius 1 is 1.09 bits per heavy atom. The lowest BCUT2D eigenvalue weighted by atomic mass is 9.97. The van der Waals surface area contributed by atoms with Crippen molar-refractivity contribution in [1.29, 1.82) is 0 Å². The quantitative estimate of drug-likeness (QED) is 0.710. The smallest absolute Gasteiger partial charge is 0.351 e. The highest BCUT2D eigenvalue weighted by atomic mass is 32.2. The van der Waals surface area contributed by atoms with Crippen LogP contribution in [0.3, 0.4) is 0 Å². The molecule has 7 nitrogen and oxygen atoms in total. The summed E-state index contributed by atoms with van der Waals surface area (Å²) in [5.74, 6) is -2.61. The largest absolute Gasteiger partial charge is 0.393 e. The summed E-state index contributed by atoms with van der Waals surface area (Å²) in [5, 5.41) is 2.83. The van der Waals surface area contributed by atoms with Crippen LogP contribution in [0.5, 0.6) is 0 Å². The van der Waals surface area contributed by atoms with Crippen LogP contribution in [0.25, 0.3) is 0 Å². The molecular formula is C22H25F3N4O3S. The predicted molar refractivity (Wildman–Crippen MR) is 119 cm³/mol. The lowest BCUT2D eigenvalue weighted by molar-refractivity contribution is -0.184. The molecule has 0 spiro atoms. The predicted octanol–water partition coefficient (Wildman–Crippen LogP) is 3.52. The minimum absolute atomic E-state index is 0.0162. The van der Waals surface area contributed by atoms with Crippen molar-refractivity contribution in [1.82, 2.24) is 9.80 Å². The molecule has 3 amide bonds. The second-order valence-corrected chi connectivity index (χ2v) is 9.66. The van der Waals surface area contributed by atoms with Crippen LogP contribution in [-0.2, 0) is 9.59 Å². The number of benzene rings is 1. The van der Waals surface area contributed by atoms with E-state index >= 15 is 0 Å². The minimum Gasteiger partial charge on any atom is -0.351 e. The van der Waals surface area contributed by atoms with Crippen molar-refractivity contribution in [3.63, 3.8) is 0 Å². The van der Waals surface area contributed by atoms with Crippen LogP contribution >= 0.6 is 11.8 Å². The van der Waals surface area contributed by atoms with E-state index in [0.717, 1.165) is 25.9 Å². The fourth-order valence-corrected chi connectivity index (χ4v) is 5.36. The van der Waals surface area contributed by atoms with Gasteiger partial charge in [0, 0.05) is 43.9 Å². The molecule has 1 aromatic rings. The lowest BCUT2D eigenvalue weighted by Crippen LogP contribution is -2.44. The molecule has 2 saturated heterocycles. The molecule has 0 radical (unpaired) electrons. The third-order valence-electron chi connectivity index (χ3n) is 6.06. The van der Waals surface area contributed by atoms with Crippen LogP contribution in [0.2, 0.25) is 0 Å². The fraction of sp³-hybridized carbons (Fsp3) is 0.545. The fourth-order valence-electron chi connectivity index (χ4n) is 4.24. The van der Waals surface area contributed by atoms with E-state index in [1.54, 1.807) is 0 Å². The summed E-state index contributed by atoms with van der Waals surface area (Å²) in [7, 11) is 0. The summed E-state index contributed by atoms with van der Waals surface area (Å²) in [6.45, 7) is 1.70. The van der Waals surface area contributed by atoms with Crippen LogP contribution in [-0.4, -0.2) is 70.3 Å². The molecule has 0 aliphatic carbocycles. The number of carbonyl (C=O) groups is 3. The Labute approximate surface area is 193 Å². The molecule has 4 rings (SSSR count). The first-order chi connectivity index (χ1) is 15.7. The van der Waals surface area contributed by atoms with Gasteiger partial charge in [0.2, 0.25) is 5.91 Å². The van der Waals surface area contributed by atoms with E-state index in [0.29, 0.717) is 23.8 Å². The van der Waals surface area contributed by atoms with Gasteiger partial charge in [0.15, 0.2) is 5.17 Å². The summed E-state index contributed by atoms with van der Waals surface area (Å²) in [5.41, 5.74) is 0.709. The van der Waals surface area contributed by atoms with E-state index in [-0.39, 0.29) is 36.8 Å². The van der Waals surface area contributed by atoms with Gasteiger partial charge < -0.3 is 15.1 Å². The Hall–Kier alpha value is -2.56. The van der Waals surface area contributed by atoms with Gasteiger partial charge in [0.05, 0.1) is 5.92 Å². The number of rotatable bonds is 4. The Morgan fingerprint density at radius 2 is 1.79 bits per heavy atom. The van der Waals surface area contributed by atoms with E-state index in [9.17, 15) is 27.6 Å². The molecule has 2 fully saturated rings. The topological polar surface area (TPSA) is 82.1 Å². The molecule has 33 heavy (non-hydrogen) atoms. The maximum atomic E-state index is 13.0. The molecule has 0 unspecified atom stereocenters. The van der Waals surface area contributed by atoms with Crippen LogP contribution in [0, 0.1) is 5.92 Å². The Kier molecular flexibility index (Phi) is 6.96. The molecule has 0 aromatic heterocycles. The van der Waals surface area contributed by atoms with Crippen molar-refractivity contribution in [3.8, 4) is 0 Å². The zero-order valence-corrected chi connectivity index (χ0v) is 18.8. The molecule has 2 atom stereocenters. The summed E-state index contributed by atoms with van der Waals surface area (Å²) in [6.07, 6.45) is -1.85. The number of nitrogens with zero attached hydrogens (tertiary/aromatic N) is 3. The number of nitrogens with one attached hydrogen (secondary N) is 1. The van der Waals surface area contributed by atoms with Gasteiger partial charge in [0.25, 0.3) is 11.8 Å². The Morgan fingerprint density at radius 3 is 2.45 bits per heavy atom. The molecule has 178 valence electrons. The zero-order chi connectivity index (χ0) is 23.6. The lowest BCUT2D eigenvalue weighted by Gasteiger charge is -2.33. The Balaban J connectivity index is 1.29. The highest BCUT2D eigenvalue weighted by Gasteiger charge is 2.42. The van der Waals surface area contributed by atoms with Crippen molar-refractivity contribution in [2.45, 2.75) is 43.5 Å². The summed E-state index contributed by atoms with van der Waals surface area (Å²) < 4.78 is 39.0. The van der Waals surface area contributed by atoms with Crippen LogP contribution in [0.1, 0.15) is 42.5 Å². The summed E-state index contributed by atoms with van der Waals surface area (Å²) >= 11 is 1.31. The summed E-state index contributed by atoms with van der Waals surface area (Å²) in [4.78, 5) is 44.6. The molecule has 0 saturated carbocycles. The first-order valence-corrected chi connectivity index (χ1v) is 11.9. The van der Waals surface area contributed by atoms with Gasteiger partial charge in [-0.05, 0) is 49.9 Å². The number of amidine groups is 1. The molecule has 1 aromatic carbocycles. The van der Waals surface area contributed by atoms with E-state index in [1.807, 2.05) is 0 Å². The Bertz CT molecular complexity index is 945. The standard InChI is InChI=1S/C22H25F3N4O3S/c23-22(24,25)15-4-3-11-29(13-15)20(32)14-5-7-16(8-6-14)26-18(30)12-17-19(31)27-21(33-17)28-9-1-2-10-28/h5-8,15,17H,1-4,9-13H2,(H,26,30)/t15-,17-/m1/s1. The second-order valence-electron chi connectivity index (χ2n) is 8.49. The number of aliphatic imine (C=N–C) groups is 1. The van der Waals surface area contributed by atoms with Crippen molar-refractivity contribution in [3.05, 3.63) is 29.8 Å². The molecule has 1 N–H and O–H groups in total.